The third-order valence-corrected chi connectivity index (χ3v) is 1.91. The van der Waals surface area contributed by atoms with Crippen molar-refractivity contribution in [3.63, 3.8) is 0 Å². The Labute approximate surface area is 73.4 Å². The Morgan fingerprint density at radius 2 is 2.00 bits per heavy atom. The maximum absolute atomic E-state index is 3.92. The van der Waals surface area contributed by atoms with Crippen LogP contribution in [0.25, 0.3) is 0 Å². The van der Waals surface area contributed by atoms with Gasteiger partial charge in [-0.3, -0.25) is 0 Å². The van der Waals surface area contributed by atoms with Gasteiger partial charge in [0.1, 0.15) is 0 Å². The van der Waals surface area contributed by atoms with E-state index in [2.05, 4.69) is 44.5 Å². The molecule has 1 unspecified atom stereocenters. The molecule has 1 saturated heterocycles. The normalized spacial score (nSPS) is 23.9. The summed E-state index contributed by atoms with van der Waals surface area (Å²) < 4.78 is 1.78. The zero-order chi connectivity index (χ0) is 9.30. The average Bonchev–Trinajstić information content (AvgIpc) is 1.82. The molecule has 1 aliphatic heterocycles. The van der Waals surface area contributed by atoms with Crippen molar-refractivity contribution in [2.45, 2.75) is 19.9 Å². The van der Waals surface area contributed by atoms with Crippen LogP contribution in [0.4, 0.5) is 0 Å². The topological polar surface area (TPSA) is 27.1 Å². The van der Waals surface area contributed by atoms with Crippen molar-refractivity contribution in [1.82, 2.24) is 10.7 Å². The standard InChI is InChI=1S/C9H16N3/c1-6(2)9-7(3)10-8(4)11-12(9)5/h6,9-11H,3-5H2,1-2H3/q+1. The maximum atomic E-state index is 3.92. The van der Waals surface area contributed by atoms with Crippen LogP contribution < -0.4 is 10.7 Å². The quantitative estimate of drug-likeness (QED) is 0.564. The first kappa shape index (κ1) is 8.84. The first-order valence-electron chi connectivity index (χ1n) is 4.03. The van der Waals surface area contributed by atoms with Gasteiger partial charge in [0.15, 0.2) is 12.5 Å². The Morgan fingerprint density at radius 1 is 1.42 bits per heavy atom. The molecular formula is C9H16N3+. The molecule has 1 fully saturated rings. The largest absolute Gasteiger partial charge is 0.336 e. The Balaban J connectivity index is 2.81. The lowest BCUT2D eigenvalue weighted by Gasteiger charge is -2.27. The van der Waals surface area contributed by atoms with Gasteiger partial charge in [-0.2, -0.15) is 0 Å². The minimum Gasteiger partial charge on any atom is -0.336 e. The number of hydrazine groups is 1. The predicted molar refractivity (Wildman–Crippen MR) is 50.6 cm³/mol. The van der Waals surface area contributed by atoms with E-state index in [-0.39, 0.29) is 6.04 Å². The smallest absolute Gasteiger partial charge is 0.222 e. The van der Waals surface area contributed by atoms with Gasteiger partial charge in [0, 0.05) is 5.92 Å². The Hall–Kier alpha value is -1.25. The molecular weight excluding hydrogens is 150 g/mol. The molecule has 0 radical (unpaired) electrons. The summed E-state index contributed by atoms with van der Waals surface area (Å²) in [6.45, 7) is 15.8. The first-order valence-corrected chi connectivity index (χ1v) is 4.03. The van der Waals surface area contributed by atoms with Crippen LogP contribution in [0, 0.1) is 5.92 Å². The van der Waals surface area contributed by atoms with Gasteiger partial charge < -0.3 is 5.32 Å². The number of nitrogens with zero attached hydrogens (tertiary/aromatic N) is 1. The van der Waals surface area contributed by atoms with Crippen molar-refractivity contribution in [2.75, 3.05) is 0 Å². The van der Waals surface area contributed by atoms with Crippen molar-refractivity contribution in [2.24, 2.45) is 5.92 Å². The third-order valence-electron chi connectivity index (χ3n) is 1.91. The van der Waals surface area contributed by atoms with Crippen molar-refractivity contribution >= 4 is 6.72 Å². The van der Waals surface area contributed by atoms with Gasteiger partial charge in [-0.05, 0) is 0 Å². The molecule has 1 rings (SSSR count). The first-order chi connectivity index (χ1) is 5.52. The Kier molecular flexibility index (Phi) is 2.22. The summed E-state index contributed by atoms with van der Waals surface area (Å²) in [5.74, 6) is 1.20. The molecule has 3 nitrogen and oxygen atoms in total. The highest BCUT2D eigenvalue weighted by Gasteiger charge is 2.31. The monoisotopic (exact) mass is 166 g/mol. The van der Waals surface area contributed by atoms with Crippen LogP contribution in [0.15, 0.2) is 24.7 Å². The summed E-state index contributed by atoms with van der Waals surface area (Å²) >= 11 is 0. The average molecular weight is 166 g/mol. The highest BCUT2D eigenvalue weighted by molar-refractivity contribution is 5.19. The van der Waals surface area contributed by atoms with Crippen LogP contribution in [0.2, 0.25) is 0 Å². The lowest BCUT2D eigenvalue weighted by molar-refractivity contribution is -0.612. The van der Waals surface area contributed by atoms with Gasteiger partial charge in [0.05, 0.1) is 5.70 Å². The molecule has 1 aliphatic rings. The van der Waals surface area contributed by atoms with E-state index >= 15 is 0 Å². The van der Waals surface area contributed by atoms with E-state index in [4.69, 9.17) is 0 Å². The zero-order valence-corrected chi connectivity index (χ0v) is 7.72. The lowest BCUT2D eigenvalue weighted by atomic mass is 10.0. The van der Waals surface area contributed by atoms with E-state index in [0.717, 1.165) is 11.5 Å². The van der Waals surface area contributed by atoms with Crippen LogP contribution in [0.3, 0.4) is 0 Å². The molecule has 2 N–H and O–H groups in total. The molecule has 0 spiro atoms. The summed E-state index contributed by atoms with van der Waals surface area (Å²) in [6.07, 6.45) is 0. The highest BCUT2D eigenvalue weighted by atomic mass is 15.5. The lowest BCUT2D eigenvalue weighted by Crippen LogP contribution is -2.51. The summed E-state index contributed by atoms with van der Waals surface area (Å²) in [6, 6.07) is 0.218. The maximum Gasteiger partial charge on any atom is 0.222 e. The fraction of sp³-hybridized carbons (Fsp3) is 0.444. The summed E-state index contributed by atoms with van der Waals surface area (Å²) in [4.78, 5) is 0. The molecule has 1 atom stereocenters. The van der Waals surface area contributed by atoms with E-state index in [1.165, 1.54) is 0 Å². The van der Waals surface area contributed by atoms with Crippen molar-refractivity contribution < 1.29 is 4.68 Å². The number of hydrogen-bond acceptors (Lipinski definition) is 2. The van der Waals surface area contributed by atoms with E-state index in [9.17, 15) is 0 Å². The van der Waals surface area contributed by atoms with Crippen LogP contribution in [0.5, 0.6) is 0 Å². The van der Waals surface area contributed by atoms with Crippen molar-refractivity contribution in [3.8, 4) is 0 Å². The minimum absolute atomic E-state index is 0.218. The molecule has 0 aliphatic carbocycles. The van der Waals surface area contributed by atoms with Gasteiger partial charge in [-0.1, -0.05) is 27.0 Å². The Bertz CT molecular complexity index is 220. The minimum atomic E-state index is 0.218. The van der Waals surface area contributed by atoms with E-state index < -0.39 is 0 Å². The van der Waals surface area contributed by atoms with Crippen LogP contribution in [-0.4, -0.2) is 17.4 Å². The van der Waals surface area contributed by atoms with Gasteiger partial charge in [-0.25, -0.2) is 0 Å². The third kappa shape index (κ3) is 1.49. The second kappa shape index (κ2) is 3.01. The summed E-state index contributed by atoms with van der Waals surface area (Å²) in [7, 11) is 0. The predicted octanol–water partition coefficient (Wildman–Crippen LogP) is 0.817. The molecule has 1 heterocycles. The fourth-order valence-corrected chi connectivity index (χ4v) is 1.49. The second-order valence-corrected chi connectivity index (χ2v) is 3.40. The Morgan fingerprint density at radius 3 is 2.42 bits per heavy atom. The van der Waals surface area contributed by atoms with Crippen LogP contribution >= 0.6 is 0 Å². The van der Waals surface area contributed by atoms with Gasteiger partial charge in [-0.15, -0.1) is 10.1 Å². The molecule has 0 saturated carbocycles. The number of hydrogen-bond donors (Lipinski definition) is 2. The summed E-state index contributed by atoms with van der Waals surface area (Å²) in [5, 5.41) is 3.06. The molecule has 0 aromatic carbocycles. The zero-order valence-electron chi connectivity index (χ0n) is 7.72. The van der Waals surface area contributed by atoms with Gasteiger partial charge in [0.25, 0.3) is 0 Å². The molecule has 0 amide bonds. The number of hydrazone groups is 1. The molecule has 3 heteroatoms. The number of rotatable bonds is 1. The van der Waals surface area contributed by atoms with E-state index in [1.54, 1.807) is 4.68 Å². The fourth-order valence-electron chi connectivity index (χ4n) is 1.49. The summed E-state index contributed by atoms with van der Waals surface area (Å²) in [5.41, 5.74) is 3.94. The molecule has 0 bridgehead atoms. The van der Waals surface area contributed by atoms with E-state index in [1.807, 2.05) is 0 Å². The van der Waals surface area contributed by atoms with Crippen molar-refractivity contribution in [1.29, 1.82) is 0 Å². The van der Waals surface area contributed by atoms with Crippen LogP contribution in [-0.2, 0) is 0 Å². The second-order valence-electron chi connectivity index (χ2n) is 3.40. The van der Waals surface area contributed by atoms with E-state index in [0.29, 0.717) is 5.92 Å². The van der Waals surface area contributed by atoms with Crippen LogP contribution in [0.1, 0.15) is 13.8 Å². The van der Waals surface area contributed by atoms with Crippen molar-refractivity contribution in [3.05, 3.63) is 24.7 Å². The highest BCUT2D eigenvalue weighted by Crippen LogP contribution is 2.15. The molecule has 66 valence electrons. The van der Waals surface area contributed by atoms with Gasteiger partial charge >= 0.3 is 0 Å². The molecule has 0 aromatic rings. The SMILES string of the molecule is C=C1NC(=C)C(C(C)C)[N+](=C)N1. The molecule has 0 aromatic heterocycles. The van der Waals surface area contributed by atoms with Gasteiger partial charge in [0.2, 0.25) is 6.04 Å². The molecule has 12 heavy (non-hydrogen) atoms. The number of nitrogens with one attached hydrogen (secondary N) is 2.